The molecule has 3 atom stereocenters. The van der Waals surface area contributed by atoms with E-state index in [9.17, 15) is 19.4 Å². The average Bonchev–Trinajstić information content (AvgIpc) is 3.36. The van der Waals surface area contributed by atoms with E-state index in [4.69, 9.17) is 9.05 Å². The van der Waals surface area contributed by atoms with Gasteiger partial charge in [-0.25, -0.2) is 4.57 Å². The number of carbonyl (C=O) groups excluding carboxylic acids is 1. The summed E-state index contributed by atoms with van der Waals surface area (Å²) in [6.45, 7) is 4.81. The first kappa shape index (κ1) is 72.7. The molecule has 0 saturated carbocycles. The van der Waals surface area contributed by atoms with E-state index in [1.165, 1.54) is 257 Å². The molecule has 3 unspecified atom stereocenters. The molecule has 0 bridgehead atoms. The number of nitrogens with one attached hydrogen (secondary N) is 1. The van der Waals surface area contributed by atoms with Crippen LogP contribution in [0, 0.1) is 0 Å². The number of phosphoric ester groups is 1. The molecular formula is C65H128N2O6P+. The van der Waals surface area contributed by atoms with Crippen LogP contribution in [0.25, 0.3) is 0 Å². The molecule has 0 aromatic carbocycles. The van der Waals surface area contributed by atoms with Crippen LogP contribution in [0.2, 0.25) is 0 Å². The quantitative estimate of drug-likeness (QED) is 0.0243. The highest BCUT2D eigenvalue weighted by Crippen LogP contribution is 2.43. The van der Waals surface area contributed by atoms with Gasteiger partial charge in [0.15, 0.2) is 0 Å². The van der Waals surface area contributed by atoms with Gasteiger partial charge < -0.3 is 19.8 Å². The van der Waals surface area contributed by atoms with E-state index in [0.29, 0.717) is 17.4 Å². The van der Waals surface area contributed by atoms with E-state index >= 15 is 0 Å². The number of hydrogen-bond donors (Lipinski definition) is 3. The lowest BCUT2D eigenvalue weighted by molar-refractivity contribution is -0.870. The van der Waals surface area contributed by atoms with Crippen LogP contribution in [-0.2, 0) is 18.4 Å². The normalized spacial score (nSPS) is 14.0. The first-order valence-corrected chi connectivity index (χ1v) is 33.9. The van der Waals surface area contributed by atoms with E-state index in [1.807, 2.05) is 27.2 Å². The summed E-state index contributed by atoms with van der Waals surface area (Å²) in [6.07, 6.45) is 74.4. The number of nitrogens with zero attached hydrogens (tertiary/aromatic N) is 1. The number of phosphoric acid groups is 1. The third kappa shape index (κ3) is 58.4. The molecule has 0 rings (SSSR count). The molecule has 0 saturated heterocycles. The average molecular weight is 1060 g/mol. The molecule has 0 aromatic rings. The Morgan fingerprint density at radius 3 is 1.08 bits per heavy atom. The molecule has 9 heteroatoms. The van der Waals surface area contributed by atoms with Gasteiger partial charge in [-0.3, -0.25) is 13.8 Å². The second-order valence-corrected chi connectivity index (χ2v) is 24.9. The van der Waals surface area contributed by atoms with Crippen LogP contribution in [-0.4, -0.2) is 73.4 Å². The number of aliphatic hydroxyl groups is 1. The number of likely N-dealkylation sites (N-methyl/N-ethyl adjacent to an activating group) is 1. The van der Waals surface area contributed by atoms with Crippen LogP contribution < -0.4 is 5.32 Å². The van der Waals surface area contributed by atoms with Crippen LogP contribution in [0.4, 0.5) is 0 Å². The van der Waals surface area contributed by atoms with Crippen molar-refractivity contribution in [3.8, 4) is 0 Å². The van der Waals surface area contributed by atoms with Crippen LogP contribution >= 0.6 is 7.82 Å². The van der Waals surface area contributed by atoms with Crippen molar-refractivity contribution in [2.24, 2.45) is 0 Å². The molecular weight excluding hydrogens is 936 g/mol. The Balaban J connectivity index is 3.96. The predicted octanol–water partition coefficient (Wildman–Crippen LogP) is 20.1. The predicted molar refractivity (Wildman–Crippen MR) is 323 cm³/mol. The number of allylic oxidation sites excluding steroid dienone is 5. The Bertz CT molecular complexity index is 1300. The molecule has 0 aliphatic rings. The van der Waals surface area contributed by atoms with Gasteiger partial charge in [-0.1, -0.05) is 307 Å². The standard InChI is InChI=1S/C65H127N2O6P/c1-6-8-10-12-14-16-18-20-22-24-25-26-27-28-29-30-31-32-33-34-35-36-37-38-39-40-41-42-43-45-47-49-51-53-55-57-59-65(69)66-63(62-73-74(70,71)72-61-60-67(3,4)5)64(68)58-56-54-52-50-48-46-44-23-21-19-17-15-13-11-9-7-2/h21,23,48,50,56,58,63-64,68H,6-20,22,24-47,49,51-55,57,59-62H2,1-5H3,(H-,66,69,70,71)/p+1/b23-21+,50-48+,58-56+. The fourth-order valence-corrected chi connectivity index (χ4v) is 10.5. The molecule has 0 spiro atoms. The Morgan fingerprint density at radius 2 is 0.743 bits per heavy atom. The molecule has 1 amide bonds. The van der Waals surface area contributed by atoms with E-state index < -0.39 is 20.0 Å². The molecule has 0 aromatic heterocycles. The van der Waals surface area contributed by atoms with Crippen molar-refractivity contribution in [3.05, 3.63) is 36.5 Å². The summed E-state index contributed by atoms with van der Waals surface area (Å²) in [5.41, 5.74) is 0. The lowest BCUT2D eigenvalue weighted by Crippen LogP contribution is -2.45. The van der Waals surface area contributed by atoms with Gasteiger partial charge in [0.25, 0.3) is 0 Å². The molecule has 3 N–H and O–H groups in total. The third-order valence-corrected chi connectivity index (χ3v) is 15.8. The monoisotopic (exact) mass is 1060 g/mol. The Hall–Kier alpha value is -1.28. The highest BCUT2D eigenvalue weighted by molar-refractivity contribution is 7.47. The van der Waals surface area contributed by atoms with Crippen molar-refractivity contribution in [1.29, 1.82) is 0 Å². The molecule has 8 nitrogen and oxygen atoms in total. The number of carbonyl (C=O) groups is 1. The van der Waals surface area contributed by atoms with Crippen LogP contribution in [0.5, 0.6) is 0 Å². The first-order valence-electron chi connectivity index (χ1n) is 32.4. The molecule has 0 aliphatic carbocycles. The van der Waals surface area contributed by atoms with Crippen LogP contribution in [0.15, 0.2) is 36.5 Å². The van der Waals surface area contributed by atoms with Gasteiger partial charge in [0.1, 0.15) is 13.2 Å². The SMILES string of the molecule is CCCCCCCC/C=C/CC/C=C/CC/C=C/C(O)C(COP(=O)(O)OCC[N+](C)(C)C)NC(=O)CCCCCCCCCCCCCCCCCCCCCCCCCCCCCCCCCCCCCC. The Labute approximate surface area is 461 Å². The topological polar surface area (TPSA) is 105 Å². The van der Waals surface area contributed by atoms with Crippen LogP contribution in [0.3, 0.4) is 0 Å². The minimum absolute atomic E-state index is 0.0551. The maximum Gasteiger partial charge on any atom is 0.472 e. The molecule has 0 fully saturated rings. The summed E-state index contributed by atoms with van der Waals surface area (Å²) >= 11 is 0. The number of aliphatic hydroxyl groups excluding tert-OH is 1. The van der Waals surface area contributed by atoms with Crippen molar-refractivity contribution in [3.63, 3.8) is 0 Å². The highest BCUT2D eigenvalue weighted by Gasteiger charge is 2.27. The van der Waals surface area contributed by atoms with Crippen molar-refractivity contribution in [1.82, 2.24) is 5.32 Å². The highest BCUT2D eigenvalue weighted by atomic mass is 31.2. The smallest absolute Gasteiger partial charge is 0.387 e. The third-order valence-electron chi connectivity index (χ3n) is 14.8. The fourth-order valence-electron chi connectivity index (χ4n) is 9.78. The number of quaternary nitrogens is 1. The minimum atomic E-state index is -4.36. The first-order chi connectivity index (χ1) is 36.0. The Morgan fingerprint density at radius 1 is 0.446 bits per heavy atom. The van der Waals surface area contributed by atoms with Gasteiger partial charge in [0.2, 0.25) is 5.91 Å². The lowest BCUT2D eigenvalue weighted by Gasteiger charge is -2.25. The van der Waals surface area contributed by atoms with E-state index in [0.717, 1.165) is 44.9 Å². The van der Waals surface area contributed by atoms with E-state index in [2.05, 4.69) is 43.5 Å². The second kappa shape index (κ2) is 56.4. The zero-order valence-corrected chi connectivity index (χ0v) is 51.0. The summed E-state index contributed by atoms with van der Waals surface area (Å²) in [5, 5.41) is 13.9. The number of amides is 1. The molecule has 438 valence electrons. The fraction of sp³-hybridized carbons (Fsp3) is 0.892. The van der Waals surface area contributed by atoms with Gasteiger partial charge in [-0.05, 0) is 44.9 Å². The van der Waals surface area contributed by atoms with Gasteiger partial charge in [-0.2, -0.15) is 0 Å². The maximum atomic E-state index is 13.0. The number of rotatable bonds is 60. The van der Waals surface area contributed by atoms with Gasteiger partial charge in [0, 0.05) is 6.42 Å². The van der Waals surface area contributed by atoms with Crippen molar-refractivity contribution in [2.45, 2.75) is 334 Å². The van der Waals surface area contributed by atoms with Crippen molar-refractivity contribution in [2.75, 3.05) is 40.9 Å². The zero-order valence-electron chi connectivity index (χ0n) is 50.1. The van der Waals surface area contributed by atoms with E-state index in [-0.39, 0.29) is 19.1 Å². The summed E-state index contributed by atoms with van der Waals surface area (Å²) in [4.78, 5) is 23.3. The molecule has 0 aliphatic heterocycles. The summed E-state index contributed by atoms with van der Waals surface area (Å²) in [6, 6.07) is -0.868. The molecule has 74 heavy (non-hydrogen) atoms. The summed E-state index contributed by atoms with van der Waals surface area (Å²) in [5.74, 6) is -0.185. The zero-order chi connectivity index (χ0) is 54.2. The Kier molecular flexibility index (Phi) is 55.5. The number of hydrogen-bond acceptors (Lipinski definition) is 5. The molecule has 0 radical (unpaired) electrons. The second-order valence-electron chi connectivity index (χ2n) is 23.5. The molecule has 0 heterocycles. The number of unbranched alkanes of at least 4 members (excludes halogenated alkanes) is 43. The van der Waals surface area contributed by atoms with Gasteiger partial charge >= 0.3 is 7.82 Å². The largest absolute Gasteiger partial charge is 0.472 e. The summed E-state index contributed by atoms with van der Waals surface area (Å²) in [7, 11) is 1.56. The summed E-state index contributed by atoms with van der Waals surface area (Å²) < 4.78 is 23.7. The lowest BCUT2D eigenvalue weighted by atomic mass is 10.0. The minimum Gasteiger partial charge on any atom is -0.387 e. The van der Waals surface area contributed by atoms with E-state index in [1.54, 1.807) is 6.08 Å². The van der Waals surface area contributed by atoms with Crippen LogP contribution in [0.1, 0.15) is 322 Å². The van der Waals surface area contributed by atoms with Crippen molar-refractivity contribution >= 4 is 13.7 Å². The maximum absolute atomic E-state index is 13.0. The van der Waals surface area contributed by atoms with Crippen molar-refractivity contribution < 1.29 is 32.9 Å². The van der Waals surface area contributed by atoms with Gasteiger partial charge in [0.05, 0.1) is 39.9 Å². The van der Waals surface area contributed by atoms with Gasteiger partial charge in [-0.15, -0.1) is 0 Å².